The van der Waals surface area contributed by atoms with Gasteiger partial charge in [-0.05, 0) is 48.5 Å². The summed E-state index contributed by atoms with van der Waals surface area (Å²) in [6.07, 6.45) is 2.27. The SMILES string of the molecule is COc1ccc(NC(=O)C(C#N)=CN2CCc3[nH]nc(-c4ccc(F)cc4)c3C2)cc1. The first kappa shape index (κ1) is 20.2. The molecule has 0 fully saturated rings. The number of hydrogen-bond donors (Lipinski definition) is 2. The second-order valence-corrected chi connectivity index (χ2v) is 7.09. The first-order chi connectivity index (χ1) is 15.1. The van der Waals surface area contributed by atoms with E-state index in [2.05, 4.69) is 15.5 Å². The Labute approximate surface area is 178 Å². The molecule has 2 aromatic carbocycles. The van der Waals surface area contributed by atoms with E-state index in [1.165, 1.54) is 12.1 Å². The number of hydrogen-bond acceptors (Lipinski definition) is 5. The van der Waals surface area contributed by atoms with Crippen LogP contribution in [0.25, 0.3) is 11.3 Å². The van der Waals surface area contributed by atoms with Crippen molar-refractivity contribution in [1.29, 1.82) is 5.26 Å². The van der Waals surface area contributed by atoms with Crippen LogP contribution in [0.4, 0.5) is 10.1 Å². The third-order valence-electron chi connectivity index (χ3n) is 5.11. The highest BCUT2D eigenvalue weighted by Crippen LogP contribution is 2.29. The Kier molecular flexibility index (Phi) is 5.67. The van der Waals surface area contributed by atoms with E-state index < -0.39 is 5.91 Å². The van der Waals surface area contributed by atoms with E-state index in [0.717, 1.165) is 22.5 Å². The van der Waals surface area contributed by atoms with E-state index in [4.69, 9.17) is 4.74 Å². The summed E-state index contributed by atoms with van der Waals surface area (Å²) in [4.78, 5) is 14.5. The van der Waals surface area contributed by atoms with E-state index in [0.29, 0.717) is 30.9 Å². The third kappa shape index (κ3) is 4.41. The highest BCUT2D eigenvalue weighted by atomic mass is 19.1. The van der Waals surface area contributed by atoms with Crippen LogP contribution < -0.4 is 10.1 Å². The molecule has 1 amide bonds. The van der Waals surface area contributed by atoms with Gasteiger partial charge in [0.05, 0.1) is 12.8 Å². The number of ether oxygens (including phenoxy) is 1. The molecule has 8 heteroatoms. The summed E-state index contributed by atoms with van der Waals surface area (Å²) >= 11 is 0. The lowest BCUT2D eigenvalue weighted by atomic mass is 10.0. The van der Waals surface area contributed by atoms with Crippen LogP contribution in [0.3, 0.4) is 0 Å². The van der Waals surface area contributed by atoms with Gasteiger partial charge in [0.15, 0.2) is 0 Å². The first-order valence-electron chi connectivity index (χ1n) is 9.71. The van der Waals surface area contributed by atoms with Gasteiger partial charge in [-0.15, -0.1) is 0 Å². The number of nitriles is 1. The highest BCUT2D eigenvalue weighted by Gasteiger charge is 2.22. The van der Waals surface area contributed by atoms with Crippen LogP contribution >= 0.6 is 0 Å². The Morgan fingerprint density at radius 2 is 2.00 bits per heavy atom. The zero-order valence-electron chi connectivity index (χ0n) is 16.9. The van der Waals surface area contributed by atoms with Crippen molar-refractivity contribution in [2.45, 2.75) is 13.0 Å². The molecular weight excluding hydrogens is 397 g/mol. The molecule has 2 heterocycles. The number of aromatic nitrogens is 2. The van der Waals surface area contributed by atoms with Gasteiger partial charge in [0.25, 0.3) is 5.91 Å². The molecule has 0 aliphatic carbocycles. The van der Waals surface area contributed by atoms with Gasteiger partial charge in [-0.25, -0.2) is 4.39 Å². The Hall–Kier alpha value is -4.12. The van der Waals surface area contributed by atoms with Crippen LogP contribution in [0.5, 0.6) is 5.75 Å². The zero-order chi connectivity index (χ0) is 21.8. The summed E-state index contributed by atoms with van der Waals surface area (Å²) in [7, 11) is 1.57. The number of benzene rings is 2. The largest absolute Gasteiger partial charge is 0.497 e. The number of fused-ring (bicyclic) bond motifs is 1. The van der Waals surface area contributed by atoms with Crippen LogP contribution in [0.1, 0.15) is 11.3 Å². The molecule has 0 bridgehead atoms. The van der Waals surface area contributed by atoms with Gasteiger partial charge in [-0.3, -0.25) is 9.89 Å². The summed E-state index contributed by atoms with van der Waals surface area (Å²) in [5.41, 5.74) is 4.11. The quantitative estimate of drug-likeness (QED) is 0.488. The number of carbonyl (C=O) groups is 1. The van der Waals surface area contributed by atoms with E-state index in [-0.39, 0.29) is 11.4 Å². The number of anilines is 1. The molecule has 1 aliphatic heterocycles. The maximum absolute atomic E-state index is 13.3. The lowest BCUT2D eigenvalue weighted by Gasteiger charge is -2.26. The lowest BCUT2D eigenvalue weighted by molar-refractivity contribution is -0.112. The van der Waals surface area contributed by atoms with Crippen molar-refractivity contribution in [3.63, 3.8) is 0 Å². The number of amides is 1. The number of methoxy groups -OCH3 is 1. The van der Waals surface area contributed by atoms with Crippen molar-refractivity contribution >= 4 is 11.6 Å². The van der Waals surface area contributed by atoms with E-state index >= 15 is 0 Å². The zero-order valence-corrected chi connectivity index (χ0v) is 16.9. The Morgan fingerprint density at radius 1 is 1.26 bits per heavy atom. The van der Waals surface area contributed by atoms with Gasteiger partial charge in [0, 0.05) is 48.2 Å². The standard InChI is InChI=1S/C23H20FN5O2/c1-31-19-8-6-18(7-9-19)26-23(30)16(12-25)13-29-11-10-21-20(14-29)22(28-27-21)15-2-4-17(24)5-3-15/h2-9,13H,10-11,14H2,1H3,(H,26,30)(H,27,28). The highest BCUT2D eigenvalue weighted by molar-refractivity contribution is 6.06. The number of nitrogens with zero attached hydrogens (tertiary/aromatic N) is 3. The van der Waals surface area contributed by atoms with Crippen molar-refractivity contribution < 1.29 is 13.9 Å². The van der Waals surface area contributed by atoms with Crippen molar-refractivity contribution in [1.82, 2.24) is 15.1 Å². The second kappa shape index (κ2) is 8.71. The smallest absolute Gasteiger partial charge is 0.267 e. The fraction of sp³-hybridized carbons (Fsp3) is 0.174. The average Bonchev–Trinajstić information content (AvgIpc) is 3.21. The van der Waals surface area contributed by atoms with Gasteiger partial charge < -0.3 is 15.0 Å². The molecular formula is C23H20FN5O2. The molecule has 0 radical (unpaired) electrons. The van der Waals surface area contributed by atoms with Crippen molar-refractivity contribution in [2.24, 2.45) is 0 Å². The number of rotatable bonds is 5. The molecule has 1 aliphatic rings. The van der Waals surface area contributed by atoms with E-state index in [9.17, 15) is 14.4 Å². The monoisotopic (exact) mass is 417 g/mol. The number of nitrogens with one attached hydrogen (secondary N) is 2. The number of aromatic amines is 1. The van der Waals surface area contributed by atoms with Gasteiger partial charge in [-0.2, -0.15) is 10.4 Å². The fourth-order valence-electron chi connectivity index (χ4n) is 3.47. The number of carbonyl (C=O) groups excluding carboxylic acids is 1. The van der Waals surface area contributed by atoms with Crippen molar-refractivity contribution in [2.75, 3.05) is 19.0 Å². The molecule has 3 aromatic rings. The lowest BCUT2D eigenvalue weighted by Crippen LogP contribution is -2.27. The Balaban J connectivity index is 1.51. The molecule has 31 heavy (non-hydrogen) atoms. The van der Waals surface area contributed by atoms with Gasteiger partial charge in [-0.1, -0.05) is 0 Å². The van der Waals surface area contributed by atoms with Crippen molar-refractivity contribution in [3.05, 3.63) is 77.4 Å². The maximum atomic E-state index is 13.3. The summed E-state index contributed by atoms with van der Waals surface area (Å²) in [5, 5.41) is 19.7. The predicted octanol–water partition coefficient (Wildman–Crippen LogP) is 3.63. The number of halogens is 1. The third-order valence-corrected chi connectivity index (χ3v) is 5.11. The Bertz CT molecular complexity index is 1160. The minimum Gasteiger partial charge on any atom is -0.497 e. The normalized spacial score (nSPS) is 13.3. The average molecular weight is 417 g/mol. The summed E-state index contributed by atoms with van der Waals surface area (Å²) < 4.78 is 18.4. The molecule has 0 spiro atoms. The molecule has 0 saturated carbocycles. The van der Waals surface area contributed by atoms with Gasteiger partial charge in [0.2, 0.25) is 0 Å². The molecule has 0 unspecified atom stereocenters. The van der Waals surface area contributed by atoms with Crippen LogP contribution in [-0.2, 0) is 17.8 Å². The topological polar surface area (TPSA) is 94.0 Å². The molecule has 0 atom stereocenters. The number of H-pyrrole nitrogens is 1. The molecule has 7 nitrogen and oxygen atoms in total. The van der Waals surface area contributed by atoms with E-state index in [1.807, 2.05) is 11.0 Å². The Morgan fingerprint density at radius 3 is 2.68 bits per heavy atom. The summed E-state index contributed by atoms with van der Waals surface area (Å²) in [5.74, 6) is -0.112. The van der Waals surface area contributed by atoms with Crippen LogP contribution in [-0.4, -0.2) is 34.7 Å². The van der Waals surface area contributed by atoms with E-state index in [1.54, 1.807) is 49.7 Å². The second-order valence-electron chi connectivity index (χ2n) is 7.09. The minimum atomic E-state index is -0.482. The van der Waals surface area contributed by atoms with Crippen LogP contribution in [0.2, 0.25) is 0 Å². The molecule has 1 aromatic heterocycles. The predicted molar refractivity (Wildman–Crippen MR) is 113 cm³/mol. The minimum absolute atomic E-state index is 0.00564. The molecule has 2 N–H and O–H groups in total. The maximum Gasteiger partial charge on any atom is 0.267 e. The first-order valence-corrected chi connectivity index (χ1v) is 9.71. The van der Waals surface area contributed by atoms with Gasteiger partial charge in [0.1, 0.15) is 23.2 Å². The van der Waals surface area contributed by atoms with Crippen LogP contribution in [0.15, 0.2) is 60.3 Å². The summed E-state index contributed by atoms with van der Waals surface area (Å²) in [6, 6.07) is 15.0. The molecule has 4 rings (SSSR count). The summed E-state index contributed by atoms with van der Waals surface area (Å²) in [6.45, 7) is 1.12. The van der Waals surface area contributed by atoms with Gasteiger partial charge >= 0.3 is 0 Å². The molecule has 0 saturated heterocycles. The fourth-order valence-corrected chi connectivity index (χ4v) is 3.47. The van der Waals surface area contributed by atoms with Crippen molar-refractivity contribution in [3.8, 4) is 23.1 Å². The van der Waals surface area contributed by atoms with Crippen LogP contribution in [0, 0.1) is 17.1 Å². The molecule has 156 valence electrons.